The van der Waals surface area contributed by atoms with Crippen LogP contribution in [0.2, 0.25) is 5.02 Å². The second-order valence-corrected chi connectivity index (χ2v) is 6.62. The van der Waals surface area contributed by atoms with Gasteiger partial charge in [-0.1, -0.05) is 24.1 Å². The van der Waals surface area contributed by atoms with Gasteiger partial charge in [0.25, 0.3) is 0 Å². The SMILES string of the molecule is CC1CN2CCCCC2CN1Cc1ccc(O)c(Cl)c1. The Morgan fingerprint density at radius 3 is 2.95 bits per heavy atom. The second-order valence-electron chi connectivity index (χ2n) is 6.21. The molecule has 4 heteroatoms. The number of phenolic OH excluding ortho intramolecular Hbond substituents is 1. The number of aromatic hydroxyl groups is 1. The zero-order valence-corrected chi connectivity index (χ0v) is 12.8. The number of benzene rings is 1. The fourth-order valence-electron chi connectivity index (χ4n) is 3.52. The highest BCUT2D eigenvalue weighted by molar-refractivity contribution is 6.32. The van der Waals surface area contributed by atoms with Gasteiger partial charge in [0.2, 0.25) is 0 Å². The van der Waals surface area contributed by atoms with E-state index >= 15 is 0 Å². The van der Waals surface area contributed by atoms with Crippen LogP contribution in [0.4, 0.5) is 0 Å². The molecule has 1 aromatic carbocycles. The summed E-state index contributed by atoms with van der Waals surface area (Å²) in [5.41, 5.74) is 1.18. The number of phenols is 1. The van der Waals surface area contributed by atoms with Gasteiger partial charge in [0.1, 0.15) is 5.75 Å². The van der Waals surface area contributed by atoms with E-state index in [-0.39, 0.29) is 5.75 Å². The van der Waals surface area contributed by atoms with Crippen molar-refractivity contribution in [2.24, 2.45) is 0 Å². The zero-order valence-electron chi connectivity index (χ0n) is 12.1. The molecule has 0 aliphatic carbocycles. The molecule has 0 radical (unpaired) electrons. The van der Waals surface area contributed by atoms with Crippen LogP contribution >= 0.6 is 11.6 Å². The van der Waals surface area contributed by atoms with Gasteiger partial charge in [0.05, 0.1) is 5.02 Å². The summed E-state index contributed by atoms with van der Waals surface area (Å²) in [5, 5.41) is 9.95. The normalized spacial score (nSPS) is 28.3. The van der Waals surface area contributed by atoms with Gasteiger partial charge in [0.15, 0.2) is 0 Å². The first-order chi connectivity index (χ1) is 9.63. The van der Waals surface area contributed by atoms with Crippen LogP contribution in [0.3, 0.4) is 0 Å². The molecule has 0 aromatic heterocycles. The molecule has 2 unspecified atom stereocenters. The van der Waals surface area contributed by atoms with Crippen LogP contribution in [0.25, 0.3) is 0 Å². The van der Waals surface area contributed by atoms with E-state index in [1.807, 2.05) is 12.1 Å². The summed E-state index contributed by atoms with van der Waals surface area (Å²) < 4.78 is 0. The van der Waals surface area contributed by atoms with E-state index in [4.69, 9.17) is 11.6 Å². The molecule has 0 saturated carbocycles. The van der Waals surface area contributed by atoms with Crippen LogP contribution in [0.15, 0.2) is 18.2 Å². The van der Waals surface area contributed by atoms with Crippen molar-refractivity contribution >= 4 is 11.6 Å². The number of piperazine rings is 1. The minimum atomic E-state index is 0.167. The second kappa shape index (κ2) is 5.92. The Kier molecular flexibility index (Phi) is 4.20. The van der Waals surface area contributed by atoms with E-state index < -0.39 is 0 Å². The Hall–Kier alpha value is -0.770. The lowest BCUT2D eigenvalue weighted by atomic mass is 9.97. The lowest BCUT2D eigenvalue weighted by molar-refractivity contribution is 0.0111. The summed E-state index contributed by atoms with van der Waals surface area (Å²) in [5.74, 6) is 0.167. The minimum absolute atomic E-state index is 0.167. The van der Waals surface area contributed by atoms with Crippen molar-refractivity contribution in [2.45, 2.75) is 44.8 Å². The molecule has 2 fully saturated rings. The zero-order chi connectivity index (χ0) is 14.1. The molecule has 2 aliphatic heterocycles. The maximum Gasteiger partial charge on any atom is 0.134 e. The third-order valence-electron chi connectivity index (χ3n) is 4.71. The maximum absolute atomic E-state index is 9.50. The number of piperidine rings is 1. The molecule has 20 heavy (non-hydrogen) atoms. The summed E-state index contributed by atoms with van der Waals surface area (Å²) >= 11 is 6.00. The predicted molar refractivity (Wildman–Crippen MR) is 82.2 cm³/mol. The Morgan fingerprint density at radius 2 is 2.15 bits per heavy atom. The quantitative estimate of drug-likeness (QED) is 0.908. The van der Waals surface area contributed by atoms with Gasteiger partial charge >= 0.3 is 0 Å². The summed E-state index contributed by atoms with van der Waals surface area (Å²) in [6.07, 6.45) is 4.06. The number of hydrogen-bond acceptors (Lipinski definition) is 3. The van der Waals surface area contributed by atoms with Gasteiger partial charge in [-0.15, -0.1) is 0 Å². The first-order valence-corrected chi connectivity index (χ1v) is 7.97. The topological polar surface area (TPSA) is 26.7 Å². The summed E-state index contributed by atoms with van der Waals surface area (Å²) in [7, 11) is 0. The van der Waals surface area contributed by atoms with Crippen molar-refractivity contribution in [1.82, 2.24) is 9.80 Å². The number of fused-ring (bicyclic) bond motifs is 1. The molecular formula is C16H23ClN2O. The molecule has 3 rings (SSSR count). The van der Waals surface area contributed by atoms with Crippen molar-refractivity contribution in [3.63, 3.8) is 0 Å². The van der Waals surface area contributed by atoms with Crippen LogP contribution in [-0.4, -0.2) is 46.6 Å². The number of halogens is 1. The molecule has 110 valence electrons. The van der Waals surface area contributed by atoms with Gasteiger partial charge in [-0.2, -0.15) is 0 Å². The standard InChI is InChI=1S/C16H23ClN2O/c1-12-9-18-7-3-2-4-14(18)11-19(12)10-13-5-6-16(20)15(17)8-13/h5-6,8,12,14,20H,2-4,7,9-11H2,1H3. The molecule has 3 nitrogen and oxygen atoms in total. The molecule has 0 bridgehead atoms. The summed E-state index contributed by atoms with van der Waals surface area (Å²) in [4.78, 5) is 5.21. The minimum Gasteiger partial charge on any atom is -0.506 e. The van der Waals surface area contributed by atoms with E-state index in [1.165, 1.54) is 37.9 Å². The lowest BCUT2D eigenvalue weighted by Crippen LogP contribution is -2.58. The lowest BCUT2D eigenvalue weighted by Gasteiger charge is -2.47. The molecule has 1 aromatic rings. The fraction of sp³-hybridized carbons (Fsp3) is 0.625. The van der Waals surface area contributed by atoms with Crippen LogP contribution in [0.5, 0.6) is 5.75 Å². The third-order valence-corrected chi connectivity index (χ3v) is 5.02. The van der Waals surface area contributed by atoms with E-state index in [9.17, 15) is 5.11 Å². The Labute approximate surface area is 126 Å². The van der Waals surface area contributed by atoms with Crippen LogP contribution in [0, 0.1) is 0 Å². The summed E-state index contributed by atoms with van der Waals surface area (Å²) in [6.45, 7) is 6.84. The van der Waals surface area contributed by atoms with Crippen molar-refractivity contribution in [3.05, 3.63) is 28.8 Å². The van der Waals surface area contributed by atoms with Gasteiger partial charge in [-0.3, -0.25) is 9.80 Å². The highest BCUT2D eigenvalue weighted by Crippen LogP contribution is 2.27. The van der Waals surface area contributed by atoms with Crippen LogP contribution in [-0.2, 0) is 6.54 Å². The molecule has 2 saturated heterocycles. The molecular weight excluding hydrogens is 272 g/mol. The molecule has 0 spiro atoms. The third kappa shape index (κ3) is 2.95. The Balaban J connectivity index is 1.68. The van der Waals surface area contributed by atoms with E-state index in [2.05, 4.69) is 16.7 Å². The van der Waals surface area contributed by atoms with Gasteiger partial charge < -0.3 is 5.11 Å². The van der Waals surface area contributed by atoms with Crippen LogP contribution in [0.1, 0.15) is 31.7 Å². The van der Waals surface area contributed by atoms with Crippen molar-refractivity contribution in [3.8, 4) is 5.75 Å². The summed E-state index contributed by atoms with van der Waals surface area (Å²) in [6, 6.07) is 6.86. The number of nitrogens with zero attached hydrogens (tertiary/aromatic N) is 2. The van der Waals surface area contributed by atoms with E-state index in [0.717, 1.165) is 19.1 Å². The van der Waals surface area contributed by atoms with Crippen molar-refractivity contribution in [2.75, 3.05) is 19.6 Å². The van der Waals surface area contributed by atoms with Gasteiger partial charge in [0, 0.05) is 31.7 Å². The van der Waals surface area contributed by atoms with Gasteiger partial charge in [-0.25, -0.2) is 0 Å². The highest BCUT2D eigenvalue weighted by atomic mass is 35.5. The smallest absolute Gasteiger partial charge is 0.134 e. The first-order valence-electron chi connectivity index (χ1n) is 7.59. The number of hydrogen-bond donors (Lipinski definition) is 1. The Bertz CT molecular complexity index is 480. The molecule has 2 atom stereocenters. The van der Waals surface area contributed by atoms with E-state index in [0.29, 0.717) is 11.1 Å². The molecule has 2 heterocycles. The monoisotopic (exact) mass is 294 g/mol. The highest BCUT2D eigenvalue weighted by Gasteiger charge is 2.32. The van der Waals surface area contributed by atoms with Crippen LogP contribution < -0.4 is 0 Å². The van der Waals surface area contributed by atoms with E-state index in [1.54, 1.807) is 6.07 Å². The predicted octanol–water partition coefficient (Wildman–Crippen LogP) is 3.10. The average Bonchev–Trinajstić information content (AvgIpc) is 2.44. The maximum atomic E-state index is 9.50. The average molecular weight is 295 g/mol. The largest absolute Gasteiger partial charge is 0.506 e. The molecule has 2 aliphatic rings. The number of rotatable bonds is 2. The first kappa shape index (κ1) is 14.2. The fourth-order valence-corrected chi connectivity index (χ4v) is 3.72. The Morgan fingerprint density at radius 1 is 1.30 bits per heavy atom. The van der Waals surface area contributed by atoms with Crippen molar-refractivity contribution < 1.29 is 5.11 Å². The molecule has 0 amide bonds. The van der Waals surface area contributed by atoms with Gasteiger partial charge in [-0.05, 0) is 44.0 Å². The molecule has 1 N–H and O–H groups in total. The van der Waals surface area contributed by atoms with Crippen molar-refractivity contribution in [1.29, 1.82) is 0 Å².